The topological polar surface area (TPSA) is 35.6 Å². The second-order valence-electron chi connectivity index (χ2n) is 16.5. The van der Waals surface area contributed by atoms with Crippen LogP contribution in [0.5, 0.6) is 0 Å². The van der Waals surface area contributed by atoms with E-state index in [9.17, 15) is 0 Å². The van der Waals surface area contributed by atoms with Crippen molar-refractivity contribution in [3.05, 3.63) is 193 Å². The lowest BCUT2D eigenvalue weighted by Gasteiger charge is -2.22. The molecule has 0 fully saturated rings. The molecule has 4 nitrogen and oxygen atoms in total. The largest absolute Gasteiger partial charge is 0.308 e. The van der Waals surface area contributed by atoms with Crippen molar-refractivity contribution in [2.75, 3.05) is 0 Å². The van der Waals surface area contributed by atoms with Crippen molar-refractivity contribution in [3.8, 4) is 34.0 Å². The number of nitrogens with zero attached hydrogens (tertiary/aromatic N) is 4. The number of rotatable bonds is 3. The molecule has 276 valence electrons. The highest BCUT2D eigenvalue weighted by molar-refractivity contribution is 6.25. The lowest BCUT2D eigenvalue weighted by Crippen LogP contribution is -2.15. The summed E-state index contributed by atoms with van der Waals surface area (Å²) in [6.45, 7) is 4.68. The number of hydrogen-bond acceptors (Lipinski definition) is 2. The summed E-state index contributed by atoms with van der Waals surface area (Å²) < 4.78 is 4.81. The first-order valence-corrected chi connectivity index (χ1v) is 20.4. The Morgan fingerprint density at radius 1 is 0.407 bits per heavy atom. The van der Waals surface area contributed by atoms with E-state index in [0.717, 1.165) is 49.7 Å². The molecule has 0 aliphatic heterocycles. The van der Waals surface area contributed by atoms with Crippen LogP contribution >= 0.6 is 0 Å². The lowest BCUT2D eigenvalue weighted by molar-refractivity contribution is 0.660. The molecule has 0 amide bonds. The molecule has 3 heterocycles. The van der Waals surface area contributed by atoms with Crippen LogP contribution in [0.15, 0.2) is 182 Å². The van der Waals surface area contributed by atoms with Gasteiger partial charge in [0.15, 0.2) is 0 Å². The van der Waals surface area contributed by atoms with Crippen LogP contribution < -0.4 is 0 Å². The Morgan fingerprint density at radius 3 is 1.86 bits per heavy atom. The van der Waals surface area contributed by atoms with Crippen LogP contribution in [-0.4, -0.2) is 19.1 Å². The van der Waals surface area contributed by atoms with Gasteiger partial charge in [0.2, 0.25) is 5.95 Å². The van der Waals surface area contributed by atoms with E-state index in [4.69, 9.17) is 9.97 Å². The highest BCUT2D eigenvalue weighted by atomic mass is 15.2. The second kappa shape index (κ2) is 11.7. The molecule has 0 spiro atoms. The number of hydrogen-bond donors (Lipinski definition) is 0. The van der Waals surface area contributed by atoms with Crippen LogP contribution in [0.25, 0.3) is 110 Å². The number of fused-ring (bicyclic) bond motifs is 13. The van der Waals surface area contributed by atoms with Gasteiger partial charge in [0.1, 0.15) is 0 Å². The van der Waals surface area contributed by atoms with Gasteiger partial charge in [-0.05, 0) is 74.8 Å². The van der Waals surface area contributed by atoms with E-state index in [2.05, 4.69) is 205 Å². The predicted octanol–water partition coefficient (Wildman–Crippen LogP) is 14.1. The van der Waals surface area contributed by atoms with E-state index in [1.54, 1.807) is 0 Å². The van der Waals surface area contributed by atoms with Crippen LogP contribution in [0.4, 0.5) is 0 Å². The van der Waals surface area contributed by atoms with Gasteiger partial charge in [0.25, 0.3) is 0 Å². The molecule has 0 radical (unpaired) electrons. The summed E-state index contributed by atoms with van der Waals surface area (Å²) in [6, 6.07) is 66.3. The fourth-order valence-corrected chi connectivity index (χ4v) is 10.4. The SMILES string of the molecule is CC1(C)c2ccccc2-c2ccc(-c3nc(-n4c5ccccc5c5c(-n6c7ccccc7c7c8ccccc8ccc76)c6ccccc6cc54)nc4ccccc34)cc21. The Hall–Kier alpha value is -7.56. The molecular formula is C55H36N4. The number of benzene rings is 9. The third kappa shape index (κ3) is 4.38. The maximum absolute atomic E-state index is 5.59. The van der Waals surface area contributed by atoms with E-state index in [1.165, 1.54) is 65.6 Å². The monoisotopic (exact) mass is 752 g/mol. The minimum Gasteiger partial charge on any atom is -0.308 e. The maximum atomic E-state index is 5.59. The third-order valence-electron chi connectivity index (χ3n) is 13.1. The fourth-order valence-electron chi connectivity index (χ4n) is 10.4. The summed E-state index contributed by atoms with van der Waals surface area (Å²) in [5.41, 5.74) is 13.8. The van der Waals surface area contributed by atoms with Gasteiger partial charge in [-0.2, -0.15) is 0 Å². The summed E-state index contributed by atoms with van der Waals surface area (Å²) in [5.74, 6) is 0.655. The van der Waals surface area contributed by atoms with Gasteiger partial charge in [-0.3, -0.25) is 4.57 Å². The first-order valence-electron chi connectivity index (χ1n) is 20.4. The van der Waals surface area contributed by atoms with E-state index in [0.29, 0.717) is 5.95 Å². The quantitative estimate of drug-likeness (QED) is 0.180. The molecule has 3 aromatic heterocycles. The van der Waals surface area contributed by atoms with Crippen LogP contribution in [-0.2, 0) is 5.41 Å². The van der Waals surface area contributed by atoms with Crippen molar-refractivity contribution in [2.45, 2.75) is 19.3 Å². The van der Waals surface area contributed by atoms with Gasteiger partial charge in [0.05, 0.1) is 39.0 Å². The Kier molecular flexibility index (Phi) is 6.48. The minimum atomic E-state index is -0.128. The van der Waals surface area contributed by atoms with Crippen LogP contribution in [0.3, 0.4) is 0 Å². The fraction of sp³-hybridized carbons (Fsp3) is 0.0545. The first-order chi connectivity index (χ1) is 29.0. The van der Waals surface area contributed by atoms with Crippen LogP contribution in [0.1, 0.15) is 25.0 Å². The molecule has 12 aromatic rings. The molecule has 0 N–H and O–H groups in total. The predicted molar refractivity (Wildman–Crippen MR) is 246 cm³/mol. The van der Waals surface area contributed by atoms with E-state index in [1.807, 2.05) is 0 Å². The molecule has 0 atom stereocenters. The molecule has 4 heteroatoms. The van der Waals surface area contributed by atoms with Crippen molar-refractivity contribution in [2.24, 2.45) is 0 Å². The van der Waals surface area contributed by atoms with Crippen LogP contribution in [0.2, 0.25) is 0 Å². The summed E-state index contributed by atoms with van der Waals surface area (Å²) in [4.78, 5) is 11.0. The minimum absolute atomic E-state index is 0.128. The van der Waals surface area contributed by atoms with Gasteiger partial charge in [0, 0.05) is 43.3 Å². The van der Waals surface area contributed by atoms with Gasteiger partial charge in [-0.1, -0.05) is 159 Å². The zero-order valence-electron chi connectivity index (χ0n) is 32.6. The summed E-state index contributed by atoms with van der Waals surface area (Å²) in [7, 11) is 0. The molecule has 1 aliphatic carbocycles. The lowest BCUT2D eigenvalue weighted by atomic mass is 9.82. The number of aromatic nitrogens is 4. The van der Waals surface area contributed by atoms with Crippen molar-refractivity contribution in [1.29, 1.82) is 0 Å². The molecule has 13 rings (SSSR count). The Bertz CT molecular complexity index is 3770. The second-order valence-corrected chi connectivity index (χ2v) is 16.5. The van der Waals surface area contributed by atoms with Crippen molar-refractivity contribution < 1.29 is 0 Å². The molecule has 59 heavy (non-hydrogen) atoms. The van der Waals surface area contributed by atoms with E-state index >= 15 is 0 Å². The van der Waals surface area contributed by atoms with Crippen molar-refractivity contribution in [1.82, 2.24) is 19.1 Å². The van der Waals surface area contributed by atoms with Crippen molar-refractivity contribution in [3.63, 3.8) is 0 Å². The third-order valence-corrected chi connectivity index (χ3v) is 13.1. The zero-order valence-corrected chi connectivity index (χ0v) is 32.6. The van der Waals surface area contributed by atoms with Gasteiger partial charge in [-0.25, -0.2) is 9.97 Å². The summed E-state index contributed by atoms with van der Waals surface area (Å²) in [6.07, 6.45) is 0. The Balaban J connectivity index is 1.14. The smallest absolute Gasteiger partial charge is 0.235 e. The molecule has 0 unspecified atom stereocenters. The first kappa shape index (κ1) is 32.5. The number of para-hydroxylation sites is 3. The van der Waals surface area contributed by atoms with E-state index in [-0.39, 0.29) is 5.41 Å². The highest BCUT2D eigenvalue weighted by Crippen LogP contribution is 2.50. The molecule has 0 saturated carbocycles. The highest BCUT2D eigenvalue weighted by Gasteiger charge is 2.35. The summed E-state index contributed by atoms with van der Waals surface area (Å²) in [5, 5.41) is 10.7. The van der Waals surface area contributed by atoms with Gasteiger partial charge in [-0.15, -0.1) is 0 Å². The average molecular weight is 753 g/mol. The van der Waals surface area contributed by atoms with Gasteiger partial charge < -0.3 is 4.57 Å². The molecule has 9 aromatic carbocycles. The Labute approximate surface area is 340 Å². The Morgan fingerprint density at radius 2 is 1.03 bits per heavy atom. The molecule has 1 aliphatic rings. The standard InChI is InChI=1S/C55H36N4/c1-55(2)43-23-11-7-19-38(43)39-29-27-35(31-44(39)55)52-40-20-8-12-24-45(40)56-54(57-52)59-47-26-14-10-22-42(47)51-49(59)32-34-16-4-6-18-37(34)53(51)58-46-25-13-9-21-41(46)50-36-17-5-3-15-33(36)28-30-48(50)58/h3-32H,1-2H3. The maximum Gasteiger partial charge on any atom is 0.235 e. The van der Waals surface area contributed by atoms with Crippen LogP contribution in [0, 0.1) is 0 Å². The molecule has 0 bridgehead atoms. The average Bonchev–Trinajstić information content (AvgIpc) is 3.88. The normalized spacial score (nSPS) is 13.4. The van der Waals surface area contributed by atoms with Gasteiger partial charge >= 0.3 is 0 Å². The van der Waals surface area contributed by atoms with E-state index < -0.39 is 0 Å². The summed E-state index contributed by atoms with van der Waals surface area (Å²) >= 11 is 0. The zero-order chi connectivity index (χ0) is 39.0. The van der Waals surface area contributed by atoms with Crippen molar-refractivity contribution >= 4 is 76.1 Å². The molecular weight excluding hydrogens is 717 g/mol. The molecule has 0 saturated heterocycles.